The Bertz CT molecular complexity index is 547. The van der Waals surface area contributed by atoms with Crippen LogP contribution in [0.1, 0.15) is 12.8 Å². The molecule has 0 bridgehead atoms. The van der Waals surface area contributed by atoms with E-state index in [0.29, 0.717) is 11.6 Å². The van der Waals surface area contributed by atoms with Gasteiger partial charge < -0.3 is 10.5 Å². The summed E-state index contributed by atoms with van der Waals surface area (Å²) >= 11 is 0. The molecule has 0 spiro atoms. The molecular weight excluding hydrogens is 242 g/mol. The Kier molecular flexibility index (Phi) is 3.41. The van der Waals surface area contributed by atoms with Crippen LogP contribution in [0, 0.1) is 5.92 Å². The average Bonchev–Trinajstić information content (AvgIpc) is 2.88. The maximum atomic E-state index is 5.98. The summed E-state index contributed by atoms with van der Waals surface area (Å²) in [5.41, 5.74) is 7.57. The third kappa shape index (κ3) is 2.58. The average molecular weight is 259 g/mol. The van der Waals surface area contributed by atoms with Crippen molar-refractivity contribution in [1.82, 2.24) is 20.2 Å². The van der Waals surface area contributed by atoms with Gasteiger partial charge in [0, 0.05) is 31.0 Å². The molecule has 1 fully saturated rings. The highest BCUT2D eigenvalue weighted by Gasteiger charge is 2.18. The number of hydrogen-bond acceptors (Lipinski definition) is 5. The summed E-state index contributed by atoms with van der Waals surface area (Å²) in [7, 11) is 0. The summed E-state index contributed by atoms with van der Waals surface area (Å²) in [6.45, 7) is 2.48. The van der Waals surface area contributed by atoms with Gasteiger partial charge in [0.1, 0.15) is 0 Å². The Morgan fingerprint density at radius 3 is 2.84 bits per heavy atom. The summed E-state index contributed by atoms with van der Waals surface area (Å²) in [6, 6.07) is 7.66. The second-order valence-corrected chi connectivity index (χ2v) is 4.83. The molecule has 0 amide bonds. The van der Waals surface area contributed by atoms with E-state index in [1.54, 1.807) is 0 Å². The Balaban J connectivity index is 1.84. The SMILES string of the molecule is Nc1ccccc1-c1nnnn1CC1CCOCC1. The fourth-order valence-electron chi connectivity index (χ4n) is 2.39. The van der Waals surface area contributed by atoms with E-state index in [4.69, 9.17) is 10.5 Å². The zero-order valence-corrected chi connectivity index (χ0v) is 10.7. The molecule has 100 valence electrons. The molecule has 1 saturated heterocycles. The standard InChI is InChI=1S/C13H17N5O/c14-12-4-2-1-3-11(12)13-15-16-17-18(13)9-10-5-7-19-8-6-10/h1-4,10H,5-9,14H2. The predicted octanol–water partition coefficient (Wildman–Crippen LogP) is 1.35. The van der Waals surface area contributed by atoms with Crippen LogP contribution in [0.25, 0.3) is 11.4 Å². The predicted molar refractivity (Wildman–Crippen MR) is 71.2 cm³/mol. The van der Waals surface area contributed by atoms with Crippen molar-refractivity contribution in [2.24, 2.45) is 5.92 Å². The number of benzene rings is 1. The van der Waals surface area contributed by atoms with Crippen LogP contribution in [0.4, 0.5) is 5.69 Å². The molecule has 2 aromatic rings. The van der Waals surface area contributed by atoms with Gasteiger partial charge >= 0.3 is 0 Å². The molecule has 2 heterocycles. The summed E-state index contributed by atoms with van der Waals surface area (Å²) in [6.07, 6.45) is 2.12. The van der Waals surface area contributed by atoms with E-state index < -0.39 is 0 Å². The van der Waals surface area contributed by atoms with Crippen molar-refractivity contribution < 1.29 is 4.74 Å². The molecule has 2 N–H and O–H groups in total. The second kappa shape index (κ2) is 5.36. The van der Waals surface area contributed by atoms with Crippen molar-refractivity contribution in [1.29, 1.82) is 0 Å². The number of nitrogen functional groups attached to an aromatic ring is 1. The number of aromatic nitrogens is 4. The van der Waals surface area contributed by atoms with Gasteiger partial charge in [-0.2, -0.15) is 0 Å². The second-order valence-electron chi connectivity index (χ2n) is 4.83. The molecule has 1 aromatic carbocycles. The molecule has 1 aromatic heterocycles. The molecule has 0 radical (unpaired) electrons. The lowest BCUT2D eigenvalue weighted by atomic mass is 10.0. The van der Waals surface area contributed by atoms with Crippen LogP contribution in [0.2, 0.25) is 0 Å². The third-order valence-corrected chi connectivity index (χ3v) is 3.51. The minimum atomic E-state index is 0.570. The minimum Gasteiger partial charge on any atom is -0.398 e. The van der Waals surface area contributed by atoms with Crippen molar-refractivity contribution in [3.63, 3.8) is 0 Å². The number of rotatable bonds is 3. The summed E-state index contributed by atoms with van der Waals surface area (Å²) in [5.74, 6) is 1.31. The molecule has 6 heteroatoms. The summed E-state index contributed by atoms with van der Waals surface area (Å²) < 4.78 is 7.22. The fourth-order valence-corrected chi connectivity index (χ4v) is 2.39. The highest BCUT2D eigenvalue weighted by atomic mass is 16.5. The number of nitrogens with zero attached hydrogens (tertiary/aromatic N) is 4. The van der Waals surface area contributed by atoms with E-state index in [-0.39, 0.29) is 0 Å². The van der Waals surface area contributed by atoms with Gasteiger partial charge in [-0.15, -0.1) is 5.10 Å². The normalized spacial score (nSPS) is 16.6. The van der Waals surface area contributed by atoms with Gasteiger partial charge in [0.25, 0.3) is 0 Å². The third-order valence-electron chi connectivity index (χ3n) is 3.51. The lowest BCUT2D eigenvalue weighted by Crippen LogP contribution is -2.21. The summed E-state index contributed by atoms with van der Waals surface area (Å²) in [4.78, 5) is 0. The van der Waals surface area contributed by atoms with Gasteiger partial charge in [-0.1, -0.05) is 12.1 Å². The molecule has 0 atom stereocenters. The number of ether oxygens (including phenoxy) is 1. The first-order valence-electron chi connectivity index (χ1n) is 6.53. The first kappa shape index (κ1) is 12.1. The van der Waals surface area contributed by atoms with Crippen LogP contribution < -0.4 is 5.73 Å². The number of anilines is 1. The monoisotopic (exact) mass is 259 g/mol. The number of nitrogens with two attached hydrogens (primary N) is 1. The highest BCUT2D eigenvalue weighted by molar-refractivity contribution is 5.70. The molecular formula is C13H17N5O. The van der Waals surface area contributed by atoms with Gasteiger partial charge in [-0.3, -0.25) is 0 Å². The fraction of sp³-hybridized carbons (Fsp3) is 0.462. The van der Waals surface area contributed by atoms with Crippen molar-refractivity contribution in [2.75, 3.05) is 18.9 Å². The maximum absolute atomic E-state index is 5.98. The Hall–Kier alpha value is -1.95. The van der Waals surface area contributed by atoms with Crippen LogP contribution in [0.5, 0.6) is 0 Å². The molecule has 0 saturated carbocycles. The Morgan fingerprint density at radius 2 is 2.05 bits per heavy atom. The molecule has 1 aliphatic rings. The summed E-state index contributed by atoms with van der Waals surface area (Å²) in [5, 5.41) is 12.0. The van der Waals surface area contributed by atoms with E-state index in [1.165, 1.54) is 0 Å². The smallest absolute Gasteiger partial charge is 0.184 e. The molecule has 0 aliphatic carbocycles. The number of hydrogen-bond donors (Lipinski definition) is 1. The van der Waals surface area contributed by atoms with Crippen molar-refractivity contribution in [2.45, 2.75) is 19.4 Å². The van der Waals surface area contributed by atoms with E-state index in [2.05, 4.69) is 15.5 Å². The number of tetrazole rings is 1. The zero-order chi connectivity index (χ0) is 13.1. The van der Waals surface area contributed by atoms with E-state index in [1.807, 2.05) is 28.9 Å². The topological polar surface area (TPSA) is 78.9 Å². The van der Waals surface area contributed by atoms with Crippen molar-refractivity contribution >= 4 is 5.69 Å². The van der Waals surface area contributed by atoms with Crippen LogP contribution in [0.15, 0.2) is 24.3 Å². The van der Waals surface area contributed by atoms with Crippen LogP contribution >= 0.6 is 0 Å². The lowest BCUT2D eigenvalue weighted by Gasteiger charge is -2.22. The van der Waals surface area contributed by atoms with E-state index in [9.17, 15) is 0 Å². The lowest BCUT2D eigenvalue weighted by molar-refractivity contribution is 0.0601. The van der Waals surface area contributed by atoms with Gasteiger partial charge in [0.2, 0.25) is 0 Å². The first-order valence-corrected chi connectivity index (χ1v) is 6.53. The van der Waals surface area contributed by atoms with Crippen LogP contribution in [-0.2, 0) is 11.3 Å². The number of para-hydroxylation sites is 1. The zero-order valence-electron chi connectivity index (χ0n) is 10.7. The first-order chi connectivity index (χ1) is 9.34. The molecule has 3 rings (SSSR count). The van der Waals surface area contributed by atoms with Crippen LogP contribution in [-0.4, -0.2) is 33.4 Å². The Morgan fingerprint density at radius 1 is 1.26 bits per heavy atom. The minimum absolute atomic E-state index is 0.570. The van der Waals surface area contributed by atoms with Gasteiger partial charge in [-0.05, 0) is 41.3 Å². The molecule has 1 aliphatic heterocycles. The maximum Gasteiger partial charge on any atom is 0.184 e. The van der Waals surface area contributed by atoms with Gasteiger partial charge in [-0.25, -0.2) is 4.68 Å². The molecule has 0 unspecified atom stereocenters. The Labute approximate surface area is 111 Å². The van der Waals surface area contributed by atoms with Crippen molar-refractivity contribution in [3.05, 3.63) is 24.3 Å². The largest absolute Gasteiger partial charge is 0.398 e. The van der Waals surface area contributed by atoms with Crippen LogP contribution in [0.3, 0.4) is 0 Å². The molecule has 19 heavy (non-hydrogen) atoms. The highest BCUT2D eigenvalue weighted by Crippen LogP contribution is 2.24. The van der Waals surface area contributed by atoms with Crippen molar-refractivity contribution in [3.8, 4) is 11.4 Å². The van der Waals surface area contributed by atoms with Gasteiger partial charge in [0.15, 0.2) is 5.82 Å². The van der Waals surface area contributed by atoms with E-state index in [0.717, 1.165) is 44.0 Å². The quantitative estimate of drug-likeness (QED) is 0.842. The van der Waals surface area contributed by atoms with E-state index >= 15 is 0 Å². The molecule has 6 nitrogen and oxygen atoms in total. The van der Waals surface area contributed by atoms with Gasteiger partial charge in [0.05, 0.1) is 0 Å².